The third kappa shape index (κ3) is 5.77. The van der Waals surface area contributed by atoms with Crippen LogP contribution in [0, 0.1) is 0 Å². The highest BCUT2D eigenvalue weighted by Gasteiger charge is 2.14. The number of ether oxygens (including phenoxy) is 2. The van der Waals surface area contributed by atoms with Gasteiger partial charge < -0.3 is 13.9 Å². The van der Waals surface area contributed by atoms with Crippen molar-refractivity contribution in [3.05, 3.63) is 106 Å². The first-order valence-corrected chi connectivity index (χ1v) is 10.7. The van der Waals surface area contributed by atoms with Crippen molar-refractivity contribution < 1.29 is 23.5 Å². The van der Waals surface area contributed by atoms with Crippen LogP contribution in [-0.2, 0) is 13.2 Å². The summed E-state index contributed by atoms with van der Waals surface area (Å²) in [7, 11) is 0. The van der Waals surface area contributed by atoms with Crippen LogP contribution >= 0.6 is 11.3 Å². The highest BCUT2D eigenvalue weighted by atomic mass is 32.1. The van der Waals surface area contributed by atoms with Crippen molar-refractivity contribution in [3.63, 3.8) is 0 Å². The molecular weight excluding hydrogens is 428 g/mol. The zero-order valence-electron chi connectivity index (χ0n) is 16.9. The van der Waals surface area contributed by atoms with E-state index in [1.54, 1.807) is 41.7 Å². The Morgan fingerprint density at radius 2 is 1.56 bits per heavy atom. The van der Waals surface area contributed by atoms with Crippen molar-refractivity contribution in [1.82, 2.24) is 10.9 Å². The molecule has 7 nitrogen and oxygen atoms in total. The minimum atomic E-state index is -0.575. The number of amides is 2. The second-order valence-electron chi connectivity index (χ2n) is 6.67. The first-order valence-electron chi connectivity index (χ1n) is 9.80. The van der Waals surface area contributed by atoms with Gasteiger partial charge in [0, 0.05) is 10.4 Å². The second-order valence-corrected chi connectivity index (χ2v) is 7.70. The largest absolute Gasteiger partial charge is 0.488 e. The predicted octanol–water partition coefficient (Wildman–Crippen LogP) is 4.57. The van der Waals surface area contributed by atoms with E-state index in [1.807, 2.05) is 47.8 Å². The summed E-state index contributed by atoms with van der Waals surface area (Å²) in [4.78, 5) is 25.8. The highest BCUT2D eigenvalue weighted by molar-refractivity contribution is 7.09. The van der Waals surface area contributed by atoms with Crippen LogP contribution in [-0.4, -0.2) is 11.8 Å². The monoisotopic (exact) mass is 448 g/mol. The van der Waals surface area contributed by atoms with Crippen LogP contribution in [0.3, 0.4) is 0 Å². The van der Waals surface area contributed by atoms with Gasteiger partial charge in [0.1, 0.15) is 30.5 Å². The van der Waals surface area contributed by atoms with Gasteiger partial charge in [-0.3, -0.25) is 20.4 Å². The van der Waals surface area contributed by atoms with Crippen LogP contribution in [0.5, 0.6) is 11.5 Å². The van der Waals surface area contributed by atoms with Crippen LogP contribution in [0.15, 0.2) is 88.7 Å². The Hall–Kier alpha value is -4.04. The Labute approximate surface area is 188 Å². The first-order chi connectivity index (χ1) is 15.7. The summed E-state index contributed by atoms with van der Waals surface area (Å²) in [5.41, 5.74) is 5.08. The van der Waals surface area contributed by atoms with E-state index in [9.17, 15) is 9.59 Å². The van der Waals surface area contributed by atoms with Crippen molar-refractivity contribution >= 4 is 23.2 Å². The number of carbonyl (C=O) groups is 2. The number of rotatable bonds is 8. The van der Waals surface area contributed by atoms with Gasteiger partial charge in [0.05, 0.1) is 0 Å². The summed E-state index contributed by atoms with van der Waals surface area (Å²) in [5.74, 6) is 0.759. The lowest BCUT2D eigenvalue weighted by Crippen LogP contribution is -2.41. The van der Waals surface area contributed by atoms with Gasteiger partial charge in [-0.25, -0.2) is 0 Å². The fraction of sp³-hybridized carbons (Fsp3) is 0.0833. The Balaban J connectivity index is 1.27. The SMILES string of the molecule is O=C(NNC(=O)c1ccc(COc2ccccc2)o1)c1cccc(OCc2cccs2)c1. The molecule has 0 saturated carbocycles. The molecule has 0 aliphatic rings. The molecule has 4 aromatic rings. The topological polar surface area (TPSA) is 89.8 Å². The smallest absolute Gasteiger partial charge is 0.305 e. The molecule has 8 heteroatoms. The van der Waals surface area contributed by atoms with Crippen LogP contribution < -0.4 is 20.3 Å². The van der Waals surface area contributed by atoms with E-state index in [0.29, 0.717) is 29.4 Å². The fourth-order valence-corrected chi connectivity index (χ4v) is 3.39. The molecule has 0 saturated heterocycles. The Bertz CT molecular complexity index is 1170. The van der Waals surface area contributed by atoms with Crippen LogP contribution in [0.1, 0.15) is 31.6 Å². The number of hydrogen-bond acceptors (Lipinski definition) is 6. The minimum absolute atomic E-state index is 0.0602. The average molecular weight is 449 g/mol. The number of benzene rings is 2. The maximum absolute atomic E-state index is 12.4. The zero-order valence-corrected chi connectivity index (χ0v) is 17.8. The lowest BCUT2D eigenvalue weighted by atomic mass is 10.2. The molecule has 0 radical (unpaired) electrons. The van der Waals surface area contributed by atoms with Gasteiger partial charge in [-0.1, -0.05) is 30.3 Å². The molecule has 2 aromatic heterocycles. The lowest BCUT2D eigenvalue weighted by molar-refractivity contribution is 0.0828. The quantitative estimate of drug-likeness (QED) is 0.385. The molecule has 2 N–H and O–H groups in total. The molecule has 0 fully saturated rings. The average Bonchev–Trinajstić information content (AvgIpc) is 3.53. The summed E-state index contributed by atoms with van der Waals surface area (Å²) >= 11 is 1.60. The van der Waals surface area contributed by atoms with E-state index in [2.05, 4.69) is 10.9 Å². The number of carbonyl (C=O) groups excluding carboxylic acids is 2. The Morgan fingerprint density at radius 3 is 2.38 bits per heavy atom. The standard InChI is InChI=1S/C24H20N2O5S/c27-23(17-6-4-9-19(14-17)30-16-21-10-5-13-32-21)25-26-24(28)22-12-11-20(31-22)15-29-18-7-2-1-3-8-18/h1-14H,15-16H2,(H,25,27)(H,26,28). The molecule has 32 heavy (non-hydrogen) atoms. The van der Waals surface area contributed by atoms with Gasteiger partial charge in [-0.05, 0) is 53.9 Å². The summed E-state index contributed by atoms with van der Waals surface area (Å²) in [6, 6.07) is 23.1. The summed E-state index contributed by atoms with van der Waals surface area (Å²) in [6.45, 7) is 0.607. The lowest BCUT2D eigenvalue weighted by Gasteiger charge is -2.08. The van der Waals surface area contributed by atoms with Crippen LogP contribution in [0.4, 0.5) is 0 Å². The number of hydrogen-bond donors (Lipinski definition) is 2. The third-order valence-electron chi connectivity index (χ3n) is 4.36. The molecule has 0 spiro atoms. The fourth-order valence-electron chi connectivity index (χ4n) is 2.77. The molecule has 2 aromatic carbocycles. The first kappa shape index (κ1) is 21.2. The van der Waals surface area contributed by atoms with Crippen LogP contribution in [0.2, 0.25) is 0 Å². The molecule has 0 aliphatic heterocycles. The summed E-state index contributed by atoms with van der Waals surface area (Å²) in [5, 5.41) is 1.98. The number of nitrogens with one attached hydrogen (secondary N) is 2. The zero-order chi connectivity index (χ0) is 22.2. The van der Waals surface area contributed by atoms with Gasteiger partial charge >= 0.3 is 5.91 Å². The molecule has 0 aliphatic carbocycles. The summed E-state index contributed by atoms with van der Waals surface area (Å²) in [6.07, 6.45) is 0. The molecule has 0 bridgehead atoms. The normalized spacial score (nSPS) is 10.4. The van der Waals surface area contributed by atoms with Crippen molar-refractivity contribution in [1.29, 1.82) is 0 Å². The van der Waals surface area contributed by atoms with E-state index in [0.717, 1.165) is 4.88 Å². The van der Waals surface area contributed by atoms with E-state index >= 15 is 0 Å². The molecule has 2 amide bonds. The minimum Gasteiger partial charge on any atom is -0.488 e. The number of hydrazine groups is 1. The van der Waals surface area contributed by atoms with Gasteiger partial charge in [0.15, 0.2) is 5.76 Å². The molecule has 0 atom stereocenters. The van der Waals surface area contributed by atoms with Crippen molar-refractivity contribution in [2.45, 2.75) is 13.2 Å². The van der Waals surface area contributed by atoms with Crippen molar-refractivity contribution in [2.24, 2.45) is 0 Å². The molecular formula is C24H20N2O5S. The van der Waals surface area contributed by atoms with Gasteiger partial charge in [-0.15, -0.1) is 11.3 Å². The Morgan fingerprint density at radius 1 is 0.781 bits per heavy atom. The van der Waals surface area contributed by atoms with Crippen molar-refractivity contribution in [3.8, 4) is 11.5 Å². The van der Waals surface area contributed by atoms with E-state index < -0.39 is 11.8 Å². The highest BCUT2D eigenvalue weighted by Crippen LogP contribution is 2.17. The van der Waals surface area contributed by atoms with Gasteiger partial charge in [0.2, 0.25) is 0 Å². The Kier molecular flexibility index (Phi) is 6.84. The van der Waals surface area contributed by atoms with E-state index in [4.69, 9.17) is 13.9 Å². The van der Waals surface area contributed by atoms with Crippen LogP contribution in [0.25, 0.3) is 0 Å². The predicted molar refractivity (Wildman–Crippen MR) is 120 cm³/mol. The molecule has 162 valence electrons. The van der Waals surface area contributed by atoms with Crippen molar-refractivity contribution in [2.75, 3.05) is 0 Å². The van der Waals surface area contributed by atoms with E-state index in [1.165, 1.54) is 6.07 Å². The number of thiophene rings is 1. The number of para-hydroxylation sites is 1. The molecule has 4 rings (SSSR count). The maximum Gasteiger partial charge on any atom is 0.305 e. The number of furan rings is 1. The third-order valence-corrected chi connectivity index (χ3v) is 5.21. The maximum atomic E-state index is 12.4. The van der Waals surface area contributed by atoms with Gasteiger partial charge in [0.25, 0.3) is 5.91 Å². The van der Waals surface area contributed by atoms with Gasteiger partial charge in [-0.2, -0.15) is 0 Å². The van der Waals surface area contributed by atoms with E-state index in [-0.39, 0.29) is 12.4 Å². The second kappa shape index (κ2) is 10.3. The molecule has 2 heterocycles. The molecule has 0 unspecified atom stereocenters. The summed E-state index contributed by atoms with van der Waals surface area (Å²) < 4.78 is 16.8.